The van der Waals surface area contributed by atoms with Gasteiger partial charge in [-0.25, -0.2) is 15.0 Å². The minimum atomic E-state index is -0.652. The first-order valence-electron chi connectivity index (χ1n) is 7.13. The molecule has 1 heterocycles. The van der Waals surface area contributed by atoms with E-state index in [2.05, 4.69) is 26.2 Å². The largest absolute Gasteiger partial charge is 0.484 e. The third-order valence-corrected chi connectivity index (χ3v) is 2.77. The second-order valence-corrected chi connectivity index (χ2v) is 4.96. The smallest absolute Gasteiger partial charge is 0.356 e. The molecule has 0 aliphatic heterocycles. The molecule has 0 saturated carbocycles. The topological polar surface area (TPSA) is 135 Å². The van der Waals surface area contributed by atoms with Crippen LogP contribution in [0.5, 0.6) is 5.75 Å². The average molecular weight is 347 g/mol. The number of hydrogen-bond donors (Lipinski definition) is 3. The molecule has 0 spiro atoms. The summed E-state index contributed by atoms with van der Waals surface area (Å²) < 4.78 is 5.27. The van der Waals surface area contributed by atoms with Crippen LogP contribution in [-0.4, -0.2) is 46.5 Å². The second-order valence-electron chi connectivity index (χ2n) is 4.96. The van der Waals surface area contributed by atoms with Crippen LogP contribution in [-0.2, 0) is 4.79 Å². The number of para-hydroxylation sites is 1. The summed E-state index contributed by atoms with van der Waals surface area (Å²) in [5.41, 5.74) is 7.00. The van der Waals surface area contributed by atoms with E-state index in [0.29, 0.717) is 5.75 Å². The lowest BCUT2D eigenvalue weighted by molar-refractivity contribution is -0.383. The van der Waals surface area contributed by atoms with Gasteiger partial charge in [0.15, 0.2) is 6.61 Å². The fraction of sp³-hybridized carbons (Fsp3) is 0.214. The van der Waals surface area contributed by atoms with Crippen molar-refractivity contribution in [2.24, 2.45) is 0 Å². The molecule has 0 aliphatic rings. The average Bonchev–Trinajstić information content (AvgIpc) is 2.58. The van der Waals surface area contributed by atoms with Crippen LogP contribution >= 0.6 is 0 Å². The van der Waals surface area contributed by atoms with Crippen LogP contribution in [0.25, 0.3) is 0 Å². The number of hydrazine groups is 2. The fourth-order valence-electron chi connectivity index (χ4n) is 1.77. The maximum Gasteiger partial charge on any atom is 0.356 e. The van der Waals surface area contributed by atoms with Gasteiger partial charge in [-0.05, 0) is 12.1 Å². The molecular weight excluding hydrogens is 330 g/mol. The van der Waals surface area contributed by atoms with Gasteiger partial charge in [-0.2, -0.15) is 0 Å². The Hall–Kier alpha value is -3.47. The van der Waals surface area contributed by atoms with Crippen LogP contribution in [0.4, 0.5) is 17.3 Å². The van der Waals surface area contributed by atoms with E-state index < -0.39 is 16.5 Å². The van der Waals surface area contributed by atoms with Crippen LogP contribution in [0, 0.1) is 10.1 Å². The number of nitro groups is 1. The summed E-state index contributed by atoms with van der Waals surface area (Å²) >= 11 is 0. The second kappa shape index (κ2) is 8.40. The molecule has 0 unspecified atom stereocenters. The first-order valence-corrected chi connectivity index (χ1v) is 7.13. The standard InChI is InChI=1S/C14H17N7O4/c1-20(2)19-14-12(21(23)24)13(15-9-16-14)18-17-11(22)8-25-10-6-4-3-5-7-10/h3-7,9H,8H2,1-2H3,(H,17,22)(H2,15,16,18,19). The summed E-state index contributed by atoms with van der Waals surface area (Å²) in [5, 5.41) is 12.8. The summed E-state index contributed by atoms with van der Waals surface area (Å²) in [4.78, 5) is 30.0. The number of rotatable bonds is 8. The molecule has 0 bridgehead atoms. The molecule has 1 amide bonds. The number of carbonyl (C=O) groups excluding carboxylic acids is 1. The number of ether oxygens (including phenoxy) is 1. The van der Waals surface area contributed by atoms with Crippen molar-refractivity contribution in [1.29, 1.82) is 0 Å². The summed E-state index contributed by atoms with van der Waals surface area (Å²) in [6.07, 6.45) is 1.13. The van der Waals surface area contributed by atoms with E-state index in [4.69, 9.17) is 4.74 Å². The molecule has 0 fully saturated rings. The summed E-state index contributed by atoms with van der Waals surface area (Å²) in [7, 11) is 3.31. The van der Waals surface area contributed by atoms with Crippen molar-refractivity contribution in [3.8, 4) is 5.75 Å². The first kappa shape index (κ1) is 17.9. The Morgan fingerprint density at radius 3 is 2.56 bits per heavy atom. The third kappa shape index (κ3) is 5.28. The van der Waals surface area contributed by atoms with Crippen molar-refractivity contribution in [3.63, 3.8) is 0 Å². The maximum absolute atomic E-state index is 11.8. The van der Waals surface area contributed by atoms with E-state index in [0.717, 1.165) is 6.33 Å². The lowest BCUT2D eigenvalue weighted by Crippen LogP contribution is -2.34. The van der Waals surface area contributed by atoms with Crippen molar-refractivity contribution in [3.05, 3.63) is 46.8 Å². The number of hydrogen-bond acceptors (Lipinski definition) is 9. The van der Waals surface area contributed by atoms with E-state index in [9.17, 15) is 14.9 Å². The van der Waals surface area contributed by atoms with Gasteiger partial charge in [0, 0.05) is 14.1 Å². The molecular formula is C14H17N7O4. The lowest BCUT2D eigenvalue weighted by Gasteiger charge is -2.14. The number of aromatic nitrogens is 2. The molecule has 2 aromatic rings. The Morgan fingerprint density at radius 2 is 1.92 bits per heavy atom. The van der Waals surface area contributed by atoms with Crippen molar-refractivity contribution in [2.75, 3.05) is 31.6 Å². The number of benzene rings is 1. The molecule has 11 nitrogen and oxygen atoms in total. The maximum atomic E-state index is 11.8. The Labute approximate surface area is 143 Å². The zero-order chi connectivity index (χ0) is 18.2. The Kier molecular flexibility index (Phi) is 6.01. The highest BCUT2D eigenvalue weighted by molar-refractivity contribution is 5.80. The van der Waals surface area contributed by atoms with Gasteiger partial charge in [-0.3, -0.25) is 31.2 Å². The molecule has 0 aliphatic carbocycles. The Morgan fingerprint density at radius 1 is 1.24 bits per heavy atom. The normalized spacial score (nSPS) is 10.2. The summed E-state index contributed by atoms with van der Waals surface area (Å²) in [6.45, 7) is -0.265. The Bertz CT molecular complexity index is 739. The summed E-state index contributed by atoms with van der Waals surface area (Å²) in [5.74, 6) is -0.165. The molecule has 0 atom stereocenters. The van der Waals surface area contributed by atoms with Gasteiger partial charge < -0.3 is 4.74 Å². The van der Waals surface area contributed by atoms with Gasteiger partial charge in [0.05, 0.1) is 4.92 Å². The highest BCUT2D eigenvalue weighted by atomic mass is 16.6. The van der Waals surface area contributed by atoms with Gasteiger partial charge in [0.1, 0.15) is 12.1 Å². The number of nitrogens with one attached hydrogen (secondary N) is 3. The number of anilines is 2. The van der Waals surface area contributed by atoms with Crippen molar-refractivity contribution in [1.82, 2.24) is 20.4 Å². The molecule has 11 heteroatoms. The minimum absolute atomic E-state index is 0.0118. The minimum Gasteiger partial charge on any atom is -0.484 e. The van der Waals surface area contributed by atoms with Crippen molar-refractivity contribution >= 4 is 23.2 Å². The molecule has 25 heavy (non-hydrogen) atoms. The number of nitrogens with zero attached hydrogens (tertiary/aromatic N) is 4. The van der Waals surface area contributed by atoms with Gasteiger partial charge in [0.25, 0.3) is 5.91 Å². The highest BCUT2D eigenvalue weighted by Gasteiger charge is 2.23. The number of carbonyl (C=O) groups is 1. The first-order chi connectivity index (χ1) is 12.0. The quantitative estimate of drug-likeness (QED) is 0.468. The van der Waals surface area contributed by atoms with Gasteiger partial charge in [-0.15, -0.1) is 0 Å². The van der Waals surface area contributed by atoms with E-state index in [1.54, 1.807) is 38.4 Å². The van der Waals surface area contributed by atoms with E-state index in [1.165, 1.54) is 5.01 Å². The van der Waals surface area contributed by atoms with Crippen LogP contribution in [0.2, 0.25) is 0 Å². The molecule has 1 aromatic heterocycles. The van der Waals surface area contributed by atoms with Gasteiger partial charge in [-0.1, -0.05) is 18.2 Å². The van der Waals surface area contributed by atoms with E-state index in [-0.39, 0.29) is 18.2 Å². The van der Waals surface area contributed by atoms with Crippen LogP contribution in [0.1, 0.15) is 0 Å². The van der Waals surface area contributed by atoms with Crippen LogP contribution in [0.15, 0.2) is 36.7 Å². The van der Waals surface area contributed by atoms with Crippen molar-refractivity contribution in [2.45, 2.75) is 0 Å². The number of amides is 1. The van der Waals surface area contributed by atoms with E-state index >= 15 is 0 Å². The SMILES string of the molecule is CN(C)Nc1ncnc(NNC(=O)COc2ccccc2)c1[N+](=O)[O-]. The van der Waals surface area contributed by atoms with Crippen LogP contribution < -0.4 is 21.0 Å². The molecule has 0 radical (unpaired) electrons. The van der Waals surface area contributed by atoms with E-state index in [1.807, 2.05) is 6.07 Å². The van der Waals surface area contributed by atoms with Crippen molar-refractivity contribution < 1.29 is 14.5 Å². The highest BCUT2D eigenvalue weighted by Crippen LogP contribution is 2.28. The van der Waals surface area contributed by atoms with Crippen LogP contribution in [0.3, 0.4) is 0 Å². The molecule has 1 aromatic carbocycles. The predicted octanol–water partition coefficient (Wildman–Crippen LogP) is 0.795. The molecule has 2 rings (SSSR count). The third-order valence-electron chi connectivity index (χ3n) is 2.77. The molecule has 0 saturated heterocycles. The molecule has 3 N–H and O–H groups in total. The fourth-order valence-corrected chi connectivity index (χ4v) is 1.77. The zero-order valence-electron chi connectivity index (χ0n) is 13.6. The summed E-state index contributed by atoms with van der Waals surface area (Å²) in [6, 6.07) is 8.77. The monoisotopic (exact) mass is 347 g/mol. The Balaban J connectivity index is 1.99. The van der Waals surface area contributed by atoms with Gasteiger partial charge >= 0.3 is 5.69 Å². The predicted molar refractivity (Wildman–Crippen MR) is 89.7 cm³/mol. The van der Waals surface area contributed by atoms with Gasteiger partial charge in [0.2, 0.25) is 11.6 Å². The molecule has 132 valence electrons. The lowest BCUT2D eigenvalue weighted by atomic mass is 10.3. The zero-order valence-corrected chi connectivity index (χ0v) is 13.6.